The minimum Gasteiger partial charge on any atom is -0.469 e. The second-order valence-electron chi connectivity index (χ2n) is 5.73. The first-order chi connectivity index (χ1) is 9.94. The Hall–Kier alpha value is -1.15. The van der Waals surface area contributed by atoms with Gasteiger partial charge in [0.15, 0.2) is 0 Å². The first kappa shape index (κ1) is 17.9. The molecule has 1 aliphatic carbocycles. The lowest BCUT2D eigenvalue weighted by molar-refractivity contribution is -0.141. The fourth-order valence-electron chi connectivity index (χ4n) is 2.26. The molecule has 0 spiro atoms. The van der Waals surface area contributed by atoms with E-state index in [9.17, 15) is 9.59 Å². The zero-order valence-corrected chi connectivity index (χ0v) is 14.0. The van der Waals surface area contributed by atoms with Gasteiger partial charge in [-0.25, -0.2) is 0 Å². The van der Waals surface area contributed by atoms with Crippen LogP contribution in [0.5, 0.6) is 0 Å². The second-order valence-corrected chi connectivity index (χ2v) is 6.71. The molecule has 0 aromatic carbocycles. The van der Waals surface area contributed by atoms with Crippen molar-refractivity contribution in [1.29, 1.82) is 0 Å². The summed E-state index contributed by atoms with van der Waals surface area (Å²) < 4.78 is 4.71. The number of hydrogen-bond acceptors (Lipinski definition) is 4. The van der Waals surface area contributed by atoms with Gasteiger partial charge in [-0.3, -0.25) is 9.59 Å². The molecule has 5 heteroatoms. The summed E-state index contributed by atoms with van der Waals surface area (Å²) >= 11 is 1.57. The minimum atomic E-state index is -0.527. The number of esters is 1. The smallest absolute Gasteiger partial charge is 0.306 e. The lowest BCUT2D eigenvalue weighted by atomic mass is 9.94. The van der Waals surface area contributed by atoms with E-state index in [2.05, 4.69) is 11.2 Å². The molecule has 1 N–H and O–H groups in total. The van der Waals surface area contributed by atoms with Crippen LogP contribution in [0.2, 0.25) is 0 Å². The molecule has 0 radical (unpaired) electrons. The van der Waals surface area contributed by atoms with Crippen molar-refractivity contribution in [3.63, 3.8) is 0 Å². The zero-order chi connectivity index (χ0) is 15.9. The number of ether oxygens (including phenoxy) is 1. The fraction of sp³-hybridized carbons (Fsp3) is 0.750. The first-order valence-electron chi connectivity index (χ1n) is 7.38. The highest BCUT2D eigenvalue weighted by molar-refractivity contribution is 8.00. The zero-order valence-electron chi connectivity index (χ0n) is 13.2. The molecule has 1 saturated carbocycles. The fourth-order valence-corrected chi connectivity index (χ4v) is 3.44. The molecule has 118 valence electrons. The lowest BCUT2D eigenvalue weighted by Gasteiger charge is -2.27. The van der Waals surface area contributed by atoms with Crippen molar-refractivity contribution in [1.82, 2.24) is 5.32 Å². The largest absolute Gasteiger partial charge is 0.469 e. The Bertz CT molecular complexity index is 420. The van der Waals surface area contributed by atoms with Crippen molar-refractivity contribution >= 4 is 23.6 Å². The van der Waals surface area contributed by atoms with E-state index in [1.165, 1.54) is 7.11 Å². The molecule has 21 heavy (non-hydrogen) atoms. The van der Waals surface area contributed by atoms with E-state index in [0.29, 0.717) is 12.2 Å². The highest BCUT2D eigenvalue weighted by Gasteiger charge is 2.44. The third kappa shape index (κ3) is 5.28. The lowest BCUT2D eigenvalue weighted by Crippen LogP contribution is -2.47. The summed E-state index contributed by atoms with van der Waals surface area (Å²) in [5.41, 5.74) is -0.475. The van der Waals surface area contributed by atoms with Gasteiger partial charge in [0.1, 0.15) is 5.54 Å². The van der Waals surface area contributed by atoms with Crippen LogP contribution >= 0.6 is 11.8 Å². The summed E-state index contributed by atoms with van der Waals surface area (Å²) in [7, 11) is 1.41. The van der Waals surface area contributed by atoms with Crippen molar-refractivity contribution in [2.75, 3.05) is 18.6 Å². The Morgan fingerprint density at radius 1 is 1.38 bits per heavy atom. The number of terminal acetylenes is 1. The van der Waals surface area contributed by atoms with Gasteiger partial charge in [-0.05, 0) is 36.9 Å². The van der Waals surface area contributed by atoms with Gasteiger partial charge in [0.05, 0.1) is 19.3 Å². The Morgan fingerprint density at radius 3 is 2.43 bits per heavy atom. The van der Waals surface area contributed by atoms with Gasteiger partial charge in [-0.2, -0.15) is 11.8 Å². The molecule has 0 aromatic rings. The van der Waals surface area contributed by atoms with E-state index in [1.807, 2.05) is 13.8 Å². The number of hydrogen-bond donors (Lipinski definition) is 1. The maximum Gasteiger partial charge on any atom is 0.306 e. The molecule has 1 fully saturated rings. The molecule has 0 aromatic heterocycles. The van der Waals surface area contributed by atoms with Crippen LogP contribution in [-0.2, 0) is 14.3 Å². The quantitative estimate of drug-likeness (QED) is 0.525. The topological polar surface area (TPSA) is 55.4 Å². The van der Waals surface area contributed by atoms with Gasteiger partial charge in [-0.1, -0.05) is 19.8 Å². The predicted molar refractivity (Wildman–Crippen MR) is 85.9 cm³/mol. The maximum absolute atomic E-state index is 12.0. The molecule has 0 saturated heterocycles. The number of methoxy groups -OCH3 is 1. The molecular weight excluding hydrogens is 286 g/mol. The van der Waals surface area contributed by atoms with E-state index in [0.717, 1.165) is 31.4 Å². The van der Waals surface area contributed by atoms with Crippen molar-refractivity contribution < 1.29 is 14.3 Å². The summed E-state index contributed by atoms with van der Waals surface area (Å²) in [4.78, 5) is 23.3. The van der Waals surface area contributed by atoms with E-state index in [-0.39, 0.29) is 17.3 Å². The van der Waals surface area contributed by atoms with Crippen LogP contribution < -0.4 is 5.32 Å². The van der Waals surface area contributed by atoms with Gasteiger partial charge in [-0.15, -0.1) is 6.42 Å². The van der Waals surface area contributed by atoms with E-state index >= 15 is 0 Å². The SMILES string of the molecule is C#CC(CC)(CC)NC(=O)CSCC1(CC(=O)OC)CC1. The summed E-state index contributed by atoms with van der Waals surface area (Å²) in [5.74, 6) is 3.70. The normalized spacial score (nSPS) is 15.9. The molecule has 1 rings (SSSR count). The van der Waals surface area contributed by atoms with Crippen molar-refractivity contribution in [2.24, 2.45) is 5.41 Å². The molecular formula is C16H25NO3S. The Balaban J connectivity index is 2.34. The third-order valence-electron chi connectivity index (χ3n) is 4.21. The van der Waals surface area contributed by atoms with Crippen LogP contribution in [0.4, 0.5) is 0 Å². The van der Waals surface area contributed by atoms with Gasteiger partial charge in [0, 0.05) is 0 Å². The summed E-state index contributed by atoms with van der Waals surface area (Å²) in [6, 6.07) is 0. The molecule has 1 amide bonds. The second kappa shape index (κ2) is 7.74. The molecule has 1 aliphatic rings. The van der Waals surface area contributed by atoms with Crippen molar-refractivity contribution in [2.45, 2.75) is 51.5 Å². The first-order valence-corrected chi connectivity index (χ1v) is 8.53. The molecule has 0 unspecified atom stereocenters. The number of thioether (sulfide) groups is 1. The van der Waals surface area contributed by atoms with Crippen molar-refractivity contribution in [3.05, 3.63) is 0 Å². The van der Waals surface area contributed by atoms with Crippen LogP contribution in [0.25, 0.3) is 0 Å². The summed E-state index contributed by atoms with van der Waals surface area (Å²) in [6.45, 7) is 3.96. The van der Waals surface area contributed by atoms with Crippen LogP contribution in [0, 0.1) is 17.8 Å². The Labute approximate surface area is 131 Å². The van der Waals surface area contributed by atoms with E-state index in [1.54, 1.807) is 11.8 Å². The molecule has 0 bridgehead atoms. The average Bonchev–Trinajstić information content (AvgIpc) is 3.24. The van der Waals surface area contributed by atoms with Crippen LogP contribution in [-0.4, -0.2) is 36.0 Å². The Morgan fingerprint density at radius 2 is 2.00 bits per heavy atom. The molecule has 0 heterocycles. The third-order valence-corrected chi connectivity index (χ3v) is 5.49. The number of carbonyl (C=O) groups is 2. The number of amides is 1. The minimum absolute atomic E-state index is 0.0319. The summed E-state index contributed by atoms with van der Waals surface area (Å²) in [6.07, 6.45) is 9.51. The van der Waals surface area contributed by atoms with Crippen molar-refractivity contribution in [3.8, 4) is 12.3 Å². The monoisotopic (exact) mass is 311 g/mol. The highest BCUT2D eigenvalue weighted by atomic mass is 32.2. The van der Waals surface area contributed by atoms with Crippen LogP contribution in [0.15, 0.2) is 0 Å². The van der Waals surface area contributed by atoms with Gasteiger partial charge in [0.25, 0.3) is 0 Å². The van der Waals surface area contributed by atoms with Crippen LogP contribution in [0.3, 0.4) is 0 Å². The van der Waals surface area contributed by atoms with Gasteiger partial charge >= 0.3 is 5.97 Å². The van der Waals surface area contributed by atoms with E-state index in [4.69, 9.17) is 11.2 Å². The number of nitrogens with one attached hydrogen (secondary N) is 1. The average molecular weight is 311 g/mol. The molecule has 0 aliphatic heterocycles. The molecule has 4 nitrogen and oxygen atoms in total. The van der Waals surface area contributed by atoms with Crippen LogP contribution in [0.1, 0.15) is 46.0 Å². The number of rotatable bonds is 9. The molecule has 0 atom stereocenters. The number of carbonyl (C=O) groups excluding carboxylic acids is 2. The standard InChI is InChI=1S/C16H25NO3S/c1-5-16(6-2,7-3)17-13(18)11-21-12-15(8-9-15)10-14(19)20-4/h1H,6-12H2,2-4H3,(H,17,18). The Kier molecular flexibility index (Phi) is 6.60. The summed E-state index contributed by atoms with van der Waals surface area (Å²) in [5, 5.41) is 2.95. The maximum atomic E-state index is 12.0. The van der Waals surface area contributed by atoms with E-state index < -0.39 is 5.54 Å². The predicted octanol–water partition coefficient (Wildman–Crippen LogP) is 2.37. The van der Waals surface area contributed by atoms with Gasteiger partial charge in [0.2, 0.25) is 5.91 Å². The highest BCUT2D eigenvalue weighted by Crippen LogP contribution is 2.51. The van der Waals surface area contributed by atoms with Gasteiger partial charge < -0.3 is 10.1 Å².